The first kappa shape index (κ1) is 6.61. The third-order valence-corrected chi connectivity index (χ3v) is 1.24. The lowest BCUT2D eigenvalue weighted by Crippen LogP contribution is -2.10. The first-order valence-corrected chi connectivity index (χ1v) is 2.85. The Morgan fingerprint density at radius 3 is 2.80 bits per heavy atom. The smallest absolute Gasteiger partial charge is 0.257 e. The van der Waals surface area contributed by atoms with Crippen LogP contribution in [0, 0.1) is 0 Å². The molecule has 0 spiro atoms. The second kappa shape index (κ2) is 2.39. The van der Waals surface area contributed by atoms with Crippen LogP contribution in [-0.2, 0) is 0 Å². The Balaban J connectivity index is 3.45. The van der Waals surface area contributed by atoms with E-state index in [0.717, 1.165) is 0 Å². The molecule has 0 fully saturated rings. The van der Waals surface area contributed by atoms with Gasteiger partial charge in [0.15, 0.2) is 0 Å². The predicted molar refractivity (Wildman–Crippen MR) is 41.6 cm³/mol. The fourth-order valence-electron chi connectivity index (χ4n) is 0.716. The van der Waals surface area contributed by atoms with Crippen molar-refractivity contribution in [2.75, 3.05) is 5.73 Å². The highest BCUT2D eigenvalue weighted by molar-refractivity contribution is 5.61. The largest absolute Gasteiger partial charge is 0.398 e. The van der Waals surface area contributed by atoms with Gasteiger partial charge in [0, 0.05) is 11.9 Å². The number of anilines is 1. The lowest BCUT2D eigenvalue weighted by atomic mass is 10.2. The van der Waals surface area contributed by atoms with Gasteiger partial charge < -0.3 is 10.7 Å². The van der Waals surface area contributed by atoms with E-state index in [-0.39, 0.29) is 5.56 Å². The molecule has 10 heavy (non-hydrogen) atoms. The molecule has 0 unspecified atom stereocenters. The van der Waals surface area contributed by atoms with Gasteiger partial charge in [-0.05, 0) is 6.07 Å². The zero-order chi connectivity index (χ0) is 7.56. The number of nitrogen functional groups attached to an aromatic ring is 1. The molecule has 3 heteroatoms. The van der Waals surface area contributed by atoms with E-state index in [1.165, 1.54) is 12.3 Å². The van der Waals surface area contributed by atoms with Gasteiger partial charge in [-0.15, -0.1) is 0 Å². The number of rotatable bonds is 1. The van der Waals surface area contributed by atoms with E-state index in [0.29, 0.717) is 11.3 Å². The van der Waals surface area contributed by atoms with Crippen LogP contribution in [0.2, 0.25) is 0 Å². The molecule has 0 aliphatic carbocycles. The molecular formula is C7H8N2O. The number of nitrogens with one attached hydrogen (secondary N) is 1. The van der Waals surface area contributed by atoms with Crippen LogP contribution >= 0.6 is 0 Å². The molecule has 3 N–H and O–H groups in total. The summed E-state index contributed by atoms with van der Waals surface area (Å²) in [5, 5.41) is 0. The molecule has 0 aliphatic heterocycles. The number of aromatic nitrogens is 1. The topological polar surface area (TPSA) is 58.9 Å². The van der Waals surface area contributed by atoms with E-state index in [1.807, 2.05) is 0 Å². The molecule has 0 saturated heterocycles. The summed E-state index contributed by atoms with van der Waals surface area (Å²) in [5.74, 6) is 0. The maximum Gasteiger partial charge on any atom is 0.257 e. The summed E-state index contributed by atoms with van der Waals surface area (Å²) in [4.78, 5) is 13.3. The second-order valence-electron chi connectivity index (χ2n) is 1.88. The van der Waals surface area contributed by atoms with Crippen LogP contribution in [0.4, 0.5) is 5.69 Å². The van der Waals surface area contributed by atoms with E-state index in [9.17, 15) is 4.79 Å². The van der Waals surface area contributed by atoms with Gasteiger partial charge in [0.05, 0.1) is 5.56 Å². The molecular weight excluding hydrogens is 128 g/mol. The summed E-state index contributed by atoms with van der Waals surface area (Å²) in [6.45, 7) is 3.45. The van der Waals surface area contributed by atoms with Crippen LogP contribution in [-0.4, -0.2) is 4.98 Å². The van der Waals surface area contributed by atoms with Crippen LogP contribution in [0.15, 0.2) is 23.6 Å². The number of hydrogen-bond acceptors (Lipinski definition) is 2. The van der Waals surface area contributed by atoms with E-state index in [2.05, 4.69) is 11.6 Å². The Morgan fingerprint density at radius 1 is 1.70 bits per heavy atom. The minimum Gasteiger partial charge on any atom is -0.398 e. The second-order valence-corrected chi connectivity index (χ2v) is 1.88. The van der Waals surface area contributed by atoms with Crippen molar-refractivity contribution < 1.29 is 0 Å². The zero-order valence-corrected chi connectivity index (χ0v) is 5.42. The van der Waals surface area contributed by atoms with Gasteiger partial charge in [0.2, 0.25) is 0 Å². The standard InChI is InChI=1S/C7H8N2O/c1-2-5-6(8)3-4-9-7(5)10/h2-4H,1H2,(H3,8,9,10). The summed E-state index contributed by atoms with van der Waals surface area (Å²) >= 11 is 0. The average Bonchev–Trinajstić information content (AvgIpc) is 1.88. The fourth-order valence-corrected chi connectivity index (χ4v) is 0.716. The van der Waals surface area contributed by atoms with Crippen molar-refractivity contribution in [1.82, 2.24) is 4.98 Å². The molecule has 1 aromatic rings. The summed E-state index contributed by atoms with van der Waals surface area (Å²) < 4.78 is 0. The predicted octanol–water partition coefficient (Wildman–Crippen LogP) is 0.600. The molecule has 1 rings (SSSR count). The van der Waals surface area contributed by atoms with Gasteiger partial charge in [0.25, 0.3) is 5.56 Å². The number of nitrogens with two attached hydrogens (primary N) is 1. The lowest BCUT2D eigenvalue weighted by molar-refractivity contribution is 1.23. The van der Waals surface area contributed by atoms with Gasteiger partial charge in [-0.1, -0.05) is 12.7 Å². The summed E-state index contributed by atoms with van der Waals surface area (Å²) in [6, 6.07) is 1.62. The third kappa shape index (κ3) is 0.932. The molecule has 52 valence electrons. The van der Waals surface area contributed by atoms with Crippen molar-refractivity contribution in [3.8, 4) is 0 Å². The van der Waals surface area contributed by atoms with Crippen molar-refractivity contribution in [1.29, 1.82) is 0 Å². The molecule has 1 aromatic heterocycles. The van der Waals surface area contributed by atoms with Crippen molar-refractivity contribution >= 4 is 11.8 Å². The van der Waals surface area contributed by atoms with Gasteiger partial charge in [-0.3, -0.25) is 4.79 Å². The number of hydrogen-bond donors (Lipinski definition) is 2. The van der Waals surface area contributed by atoms with Crippen LogP contribution in [0.25, 0.3) is 6.08 Å². The van der Waals surface area contributed by atoms with E-state index in [1.54, 1.807) is 6.07 Å². The fraction of sp³-hybridized carbons (Fsp3) is 0. The average molecular weight is 136 g/mol. The molecule has 0 saturated carbocycles. The minimum absolute atomic E-state index is 0.199. The summed E-state index contributed by atoms with van der Waals surface area (Å²) in [6.07, 6.45) is 2.94. The number of aromatic amines is 1. The molecule has 0 amide bonds. The quantitative estimate of drug-likeness (QED) is 0.594. The zero-order valence-electron chi connectivity index (χ0n) is 5.42. The monoisotopic (exact) mass is 136 g/mol. The van der Waals surface area contributed by atoms with Gasteiger partial charge in [-0.25, -0.2) is 0 Å². The Labute approximate surface area is 58.2 Å². The highest BCUT2D eigenvalue weighted by Gasteiger charge is 1.96. The van der Waals surface area contributed by atoms with E-state index < -0.39 is 0 Å². The summed E-state index contributed by atoms with van der Waals surface area (Å²) in [7, 11) is 0. The highest BCUT2D eigenvalue weighted by Crippen LogP contribution is 2.03. The van der Waals surface area contributed by atoms with Crippen LogP contribution in [0.5, 0.6) is 0 Å². The van der Waals surface area contributed by atoms with Crippen LogP contribution < -0.4 is 11.3 Å². The molecule has 0 atom stereocenters. The Morgan fingerprint density at radius 2 is 2.40 bits per heavy atom. The highest BCUT2D eigenvalue weighted by atomic mass is 16.1. The number of H-pyrrole nitrogens is 1. The Hall–Kier alpha value is -1.51. The maximum absolute atomic E-state index is 10.9. The molecule has 0 bridgehead atoms. The molecule has 0 radical (unpaired) electrons. The third-order valence-electron chi connectivity index (χ3n) is 1.24. The van der Waals surface area contributed by atoms with Crippen molar-refractivity contribution in [2.45, 2.75) is 0 Å². The van der Waals surface area contributed by atoms with Gasteiger partial charge in [-0.2, -0.15) is 0 Å². The molecule has 0 aliphatic rings. The molecule has 0 aromatic carbocycles. The Bertz CT molecular complexity index is 301. The van der Waals surface area contributed by atoms with Crippen LogP contribution in [0.1, 0.15) is 5.56 Å². The molecule has 3 nitrogen and oxygen atoms in total. The lowest BCUT2D eigenvalue weighted by Gasteiger charge is -1.94. The first-order chi connectivity index (χ1) is 4.75. The normalized spacial score (nSPS) is 9.20. The SMILES string of the molecule is C=Cc1c(N)cc[nH]c1=O. The van der Waals surface area contributed by atoms with Crippen molar-refractivity contribution in [2.24, 2.45) is 0 Å². The van der Waals surface area contributed by atoms with E-state index in [4.69, 9.17) is 5.73 Å². The minimum atomic E-state index is -0.199. The van der Waals surface area contributed by atoms with Gasteiger partial charge >= 0.3 is 0 Å². The van der Waals surface area contributed by atoms with Crippen molar-refractivity contribution in [3.05, 3.63) is 34.8 Å². The van der Waals surface area contributed by atoms with Crippen LogP contribution in [0.3, 0.4) is 0 Å². The first-order valence-electron chi connectivity index (χ1n) is 2.85. The van der Waals surface area contributed by atoms with Crippen molar-refractivity contribution in [3.63, 3.8) is 0 Å². The summed E-state index contributed by atoms with van der Waals surface area (Å²) in [5.41, 5.74) is 6.13. The van der Waals surface area contributed by atoms with Gasteiger partial charge in [0.1, 0.15) is 0 Å². The van der Waals surface area contributed by atoms with E-state index >= 15 is 0 Å². The number of pyridine rings is 1. The molecule has 1 heterocycles. The Kier molecular flexibility index (Phi) is 1.58. The maximum atomic E-state index is 10.9.